The maximum Gasteiger partial charge on any atom is 0.333 e. The van der Waals surface area contributed by atoms with E-state index in [1.807, 2.05) is 25.1 Å². The quantitative estimate of drug-likeness (QED) is 0.618. The normalized spacial score (nSPS) is 16.0. The molecule has 1 heterocycles. The molecular weight excluding hydrogens is 286 g/mol. The molecule has 1 aliphatic heterocycles. The largest absolute Gasteiger partial charge is 0.390 e. The second kappa shape index (κ2) is 4.87. The first-order valence-electron chi connectivity index (χ1n) is 5.37. The number of aryl methyl sites for hydroxylation is 1. The van der Waals surface area contributed by atoms with Crippen LogP contribution in [0.15, 0.2) is 22.7 Å². The van der Waals surface area contributed by atoms with Crippen molar-refractivity contribution in [1.82, 2.24) is 0 Å². The Labute approximate surface area is 108 Å². The van der Waals surface area contributed by atoms with E-state index in [2.05, 4.69) is 20.7 Å². The average Bonchev–Trinajstić information content (AvgIpc) is 2.27. The van der Waals surface area contributed by atoms with Crippen molar-refractivity contribution in [3.8, 4) is 0 Å². The monoisotopic (exact) mass is 297 g/mol. The minimum absolute atomic E-state index is 0.125. The lowest BCUT2D eigenvalue weighted by molar-refractivity contribution is -0.160. The zero-order valence-corrected chi connectivity index (χ0v) is 11.0. The molecule has 0 bridgehead atoms. The van der Waals surface area contributed by atoms with E-state index in [9.17, 15) is 9.59 Å². The average molecular weight is 298 g/mol. The fourth-order valence-electron chi connectivity index (χ4n) is 1.88. The minimum Gasteiger partial charge on any atom is -0.390 e. The van der Waals surface area contributed by atoms with Gasteiger partial charge in [0.25, 0.3) is 0 Å². The summed E-state index contributed by atoms with van der Waals surface area (Å²) in [5.74, 6) is -0.988. The highest BCUT2D eigenvalue weighted by atomic mass is 79.9. The summed E-state index contributed by atoms with van der Waals surface area (Å²) >= 11 is 3.41. The molecule has 0 N–H and O–H groups in total. The number of benzene rings is 1. The number of halogens is 1. The van der Waals surface area contributed by atoms with Crippen LogP contribution in [-0.4, -0.2) is 25.0 Å². The van der Waals surface area contributed by atoms with Gasteiger partial charge in [-0.3, -0.25) is 0 Å². The molecule has 0 aromatic heterocycles. The molecule has 5 heteroatoms. The van der Waals surface area contributed by atoms with E-state index in [0.717, 1.165) is 22.1 Å². The minimum atomic E-state index is -0.494. The number of hydrogen-bond donors (Lipinski definition) is 0. The molecule has 1 fully saturated rings. The number of ether oxygens (including phenoxy) is 1. The molecule has 0 radical (unpaired) electrons. The molecule has 0 amide bonds. The van der Waals surface area contributed by atoms with Crippen LogP contribution in [0.5, 0.6) is 0 Å². The Kier molecular flexibility index (Phi) is 3.47. The van der Waals surface area contributed by atoms with Gasteiger partial charge in [0.15, 0.2) is 0 Å². The summed E-state index contributed by atoms with van der Waals surface area (Å²) in [4.78, 5) is 24.2. The zero-order chi connectivity index (χ0) is 12.4. The van der Waals surface area contributed by atoms with Crippen LogP contribution in [0.1, 0.15) is 12.5 Å². The van der Waals surface area contributed by atoms with Crippen molar-refractivity contribution in [2.24, 2.45) is 0 Å². The van der Waals surface area contributed by atoms with Gasteiger partial charge in [-0.15, -0.1) is 0 Å². The van der Waals surface area contributed by atoms with E-state index in [-0.39, 0.29) is 13.1 Å². The van der Waals surface area contributed by atoms with Gasteiger partial charge in [-0.2, -0.15) is 0 Å². The number of carbonyl (C=O) groups excluding carboxylic acids is 2. The highest BCUT2D eigenvalue weighted by molar-refractivity contribution is 9.10. The van der Waals surface area contributed by atoms with Gasteiger partial charge in [0.1, 0.15) is 13.1 Å². The maximum absolute atomic E-state index is 11.2. The van der Waals surface area contributed by atoms with Crippen LogP contribution in [0, 0.1) is 0 Å². The Morgan fingerprint density at radius 2 is 1.94 bits per heavy atom. The highest BCUT2D eigenvalue weighted by Crippen LogP contribution is 2.26. The fraction of sp³-hybridized carbons (Fsp3) is 0.333. The molecule has 1 aromatic carbocycles. The molecule has 0 saturated carbocycles. The number of rotatable bonds is 2. The predicted octanol–water partition coefficient (Wildman–Crippen LogP) is 1.90. The van der Waals surface area contributed by atoms with Gasteiger partial charge in [0, 0.05) is 10.2 Å². The first-order chi connectivity index (χ1) is 8.10. The number of hydrogen-bond acceptors (Lipinski definition) is 4. The summed E-state index contributed by atoms with van der Waals surface area (Å²) in [7, 11) is 0. The number of esters is 2. The van der Waals surface area contributed by atoms with Gasteiger partial charge < -0.3 is 9.64 Å². The van der Waals surface area contributed by atoms with E-state index in [4.69, 9.17) is 0 Å². The molecular formula is C12H12BrNO3. The third-order valence-electron chi connectivity index (χ3n) is 2.63. The van der Waals surface area contributed by atoms with E-state index in [1.54, 1.807) is 4.90 Å². The van der Waals surface area contributed by atoms with Crippen LogP contribution >= 0.6 is 15.9 Å². The Bertz CT molecular complexity index is 457. The van der Waals surface area contributed by atoms with Crippen LogP contribution in [0.3, 0.4) is 0 Å². The van der Waals surface area contributed by atoms with Crippen LogP contribution in [0.4, 0.5) is 5.69 Å². The second-order valence-electron chi connectivity index (χ2n) is 3.83. The van der Waals surface area contributed by atoms with Crippen molar-refractivity contribution in [2.45, 2.75) is 13.3 Å². The summed E-state index contributed by atoms with van der Waals surface area (Å²) in [6, 6.07) is 5.81. The Hall–Kier alpha value is -1.36. The van der Waals surface area contributed by atoms with Gasteiger partial charge in [-0.1, -0.05) is 22.9 Å². The van der Waals surface area contributed by atoms with Crippen LogP contribution in [0.2, 0.25) is 0 Å². The first kappa shape index (κ1) is 12.1. The highest BCUT2D eigenvalue weighted by Gasteiger charge is 2.26. The Balaban J connectivity index is 2.32. The fourth-order valence-corrected chi connectivity index (χ4v) is 2.28. The standard InChI is InChI=1S/C12H12BrNO3/c1-2-8-5-9(13)3-4-10(8)14-6-11(15)17-12(16)7-14/h3-5H,2,6-7H2,1H3. The molecule has 0 atom stereocenters. The summed E-state index contributed by atoms with van der Waals surface area (Å²) in [6.45, 7) is 2.29. The van der Waals surface area contributed by atoms with Crippen LogP contribution in [-0.2, 0) is 20.7 Å². The molecule has 0 aliphatic carbocycles. The predicted molar refractivity (Wildman–Crippen MR) is 66.8 cm³/mol. The molecule has 1 aromatic rings. The molecule has 17 heavy (non-hydrogen) atoms. The number of anilines is 1. The van der Waals surface area contributed by atoms with Crippen molar-refractivity contribution in [1.29, 1.82) is 0 Å². The zero-order valence-electron chi connectivity index (χ0n) is 9.40. The van der Waals surface area contributed by atoms with Crippen molar-refractivity contribution < 1.29 is 14.3 Å². The second-order valence-corrected chi connectivity index (χ2v) is 4.74. The van der Waals surface area contributed by atoms with E-state index >= 15 is 0 Å². The topological polar surface area (TPSA) is 46.6 Å². The molecule has 2 rings (SSSR count). The molecule has 1 saturated heterocycles. The SMILES string of the molecule is CCc1cc(Br)ccc1N1CC(=O)OC(=O)C1. The summed E-state index contributed by atoms with van der Waals surface area (Å²) < 4.78 is 5.50. The molecule has 4 nitrogen and oxygen atoms in total. The molecule has 90 valence electrons. The lowest BCUT2D eigenvalue weighted by Crippen LogP contribution is -2.43. The number of nitrogens with zero attached hydrogens (tertiary/aromatic N) is 1. The van der Waals surface area contributed by atoms with E-state index < -0.39 is 11.9 Å². The van der Waals surface area contributed by atoms with Crippen LogP contribution < -0.4 is 4.90 Å². The molecule has 1 aliphatic rings. The van der Waals surface area contributed by atoms with Gasteiger partial charge in [0.2, 0.25) is 0 Å². The third-order valence-corrected chi connectivity index (χ3v) is 3.12. The molecule has 0 unspecified atom stereocenters. The Morgan fingerprint density at radius 1 is 1.29 bits per heavy atom. The van der Waals surface area contributed by atoms with Gasteiger partial charge in [-0.05, 0) is 30.2 Å². The third kappa shape index (κ3) is 2.66. The van der Waals surface area contributed by atoms with Crippen molar-refractivity contribution >= 4 is 33.6 Å². The summed E-state index contributed by atoms with van der Waals surface area (Å²) in [5, 5.41) is 0. The lowest BCUT2D eigenvalue weighted by atomic mass is 10.1. The molecule has 0 spiro atoms. The number of cyclic esters (lactones) is 2. The maximum atomic E-state index is 11.2. The summed E-state index contributed by atoms with van der Waals surface area (Å²) in [6.07, 6.45) is 0.842. The van der Waals surface area contributed by atoms with E-state index in [1.165, 1.54) is 0 Å². The lowest BCUT2D eigenvalue weighted by Gasteiger charge is -2.28. The van der Waals surface area contributed by atoms with Crippen LogP contribution in [0.25, 0.3) is 0 Å². The number of carbonyl (C=O) groups is 2. The number of morpholine rings is 1. The van der Waals surface area contributed by atoms with Crippen molar-refractivity contribution in [3.63, 3.8) is 0 Å². The Morgan fingerprint density at radius 3 is 2.53 bits per heavy atom. The van der Waals surface area contributed by atoms with Gasteiger partial charge >= 0.3 is 11.9 Å². The van der Waals surface area contributed by atoms with Gasteiger partial charge in [0.05, 0.1) is 0 Å². The smallest absolute Gasteiger partial charge is 0.333 e. The van der Waals surface area contributed by atoms with Crippen molar-refractivity contribution in [3.05, 3.63) is 28.2 Å². The van der Waals surface area contributed by atoms with E-state index in [0.29, 0.717) is 0 Å². The summed E-state index contributed by atoms with van der Waals surface area (Å²) in [5.41, 5.74) is 2.02. The first-order valence-corrected chi connectivity index (χ1v) is 6.16. The van der Waals surface area contributed by atoms with Crippen molar-refractivity contribution in [2.75, 3.05) is 18.0 Å². The van der Waals surface area contributed by atoms with Gasteiger partial charge in [-0.25, -0.2) is 9.59 Å².